The minimum Gasteiger partial charge on any atom is -0.321 e. The van der Waals surface area contributed by atoms with Crippen molar-refractivity contribution in [2.24, 2.45) is 5.92 Å². The van der Waals surface area contributed by atoms with Gasteiger partial charge in [-0.3, -0.25) is 9.89 Å². The molecule has 0 aliphatic heterocycles. The quantitative estimate of drug-likeness (QED) is 0.530. The Kier molecular flexibility index (Phi) is 5.44. The molecule has 2 aromatic carbocycles. The van der Waals surface area contributed by atoms with E-state index in [9.17, 15) is 18.0 Å². The van der Waals surface area contributed by atoms with E-state index in [4.69, 9.17) is 0 Å². The molecule has 154 valence electrons. The van der Waals surface area contributed by atoms with Gasteiger partial charge in [0.05, 0.1) is 0 Å². The predicted octanol–water partition coefficient (Wildman–Crippen LogP) is 5.91. The van der Waals surface area contributed by atoms with Crippen molar-refractivity contribution in [1.29, 1.82) is 0 Å². The highest BCUT2D eigenvalue weighted by Crippen LogP contribution is 2.35. The lowest BCUT2D eigenvalue weighted by Crippen LogP contribution is -2.12. The third kappa shape index (κ3) is 4.79. The third-order valence-corrected chi connectivity index (χ3v) is 4.98. The van der Waals surface area contributed by atoms with Crippen LogP contribution in [0.25, 0.3) is 5.57 Å². The number of allylic oxidation sites excluding steroid dienone is 1. The summed E-state index contributed by atoms with van der Waals surface area (Å²) in [5.41, 5.74) is 2.18. The van der Waals surface area contributed by atoms with Crippen molar-refractivity contribution in [3.05, 3.63) is 89.3 Å². The monoisotopic (exact) mass is 411 g/mol. The van der Waals surface area contributed by atoms with E-state index in [2.05, 4.69) is 16.5 Å². The Morgan fingerprint density at radius 1 is 1.07 bits per heavy atom. The lowest BCUT2D eigenvalue weighted by Gasteiger charge is -2.11. The maximum atomic E-state index is 12.7. The van der Waals surface area contributed by atoms with Crippen LogP contribution in [0, 0.1) is 5.92 Å². The van der Waals surface area contributed by atoms with Crippen molar-refractivity contribution >= 4 is 17.2 Å². The van der Waals surface area contributed by atoms with Crippen molar-refractivity contribution in [3.8, 4) is 0 Å². The van der Waals surface area contributed by atoms with Gasteiger partial charge >= 0.3 is 6.18 Å². The minimum absolute atomic E-state index is 0.319. The molecule has 4 rings (SSSR count). The van der Waals surface area contributed by atoms with E-state index >= 15 is 0 Å². The SMILES string of the molecule is O=C(Nc1cccc(C(=CCC2CC2)c2ccccc2)c1)c1cc(C(F)(F)F)[nH]n1. The zero-order valence-electron chi connectivity index (χ0n) is 16.0. The molecule has 0 bridgehead atoms. The van der Waals surface area contributed by atoms with Crippen LogP contribution in [-0.2, 0) is 6.18 Å². The summed E-state index contributed by atoms with van der Waals surface area (Å²) in [7, 11) is 0. The largest absolute Gasteiger partial charge is 0.432 e. The number of hydrogen-bond donors (Lipinski definition) is 2. The number of nitrogens with zero attached hydrogens (tertiary/aromatic N) is 1. The van der Waals surface area contributed by atoms with Gasteiger partial charge in [-0.2, -0.15) is 18.3 Å². The van der Waals surface area contributed by atoms with E-state index in [1.807, 2.05) is 53.6 Å². The maximum Gasteiger partial charge on any atom is 0.432 e. The number of aromatic amines is 1. The van der Waals surface area contributed by atoms with E-state index in [1.54, 1.807) is 6.07 Å². The predicted molar refractivity (Wildman–Crippen MR) is 109 cm³/mol. The molecule has 1 aliphatic rings. The van der Waals surface area contributed by atoms with Crippen molar-refractivity contribution < 1.29 is 18.0 Å². The first-order valence-corrected chi connectivity index (χ1v) is 9.70. The molecule has 1 saturated carbocycles. The number of carbonyl (C=O) groups is 1. The number of hydrogen-bond acceptors (Lipinski definition) is 2. The molecule has 4 nitrogen and oxygen atoms in total. The lowest BCUT2D eigenvalue weighted by molar-refractivity contribution is -0.141. The summed E-state index contributed by atoms with van der Waals surface area (Å²) in [5, 5.41) is 7.95. The van der Waals surface area contributed by atoms with Gasteiger partial charge in [-0.25, -0.2) is 0 Å². The Morgan fingerprint density at radius 3 is 2.47 bits per heavy atom. The highest BCUT2D eigenvalue weighted by molar-refractivity contribution is 6.03. The Labute approximate surface area is 171 Å². The molecule has 0 atom stereocenters. The average molecular weight is 411 g/mol. The van der Waals surface area contributed by atoms with E-state index in [0.29, 0.717) is 11.8 Å². The fourth-order valence-corrected chi connectivity index (χ4v) is 3.20. The standard InChI is InChI=1S/C23H20F3N3O/c24-23(25,26)21-14-20(28-29-21)22(30)27-18-8-4-7-17(13-18)19(12-11-15-9-10-15)16-5-2-1-3-6-16/h1-8,12-15H,9-11H2,(H,27,30)(H,28,29). The van der Waals surface area contributed by atoms with Gasteiger partial charge in [0.2, 0.25) is 0 Å². The van der Waals surface area contributed by atoms with Gasteiger partial charge in [0.25, 0.3) is 5.91 Å². The first-order valence-electron chi connectivity index (χ1n) is 9.70. The molecule has 1 aliphatic carbocycles. The van der Waals surface area contributed by atoms with Crippen LogP contribution in [0.2, 0.25) is 0 Å². The first-order chi connectivity index (χ1) is 14.4. The maximum absolute atomic E-state index is 12.7. The number of anilines is 1. The van der Waals surface area contributed by atoms with Gasteiger partial charge in [-0.1, -0.05) is 48.5 Å². The third-order valence-electron chi connectivity index (χ3n) is 4.98. The molecule has 1 heterocycles. The first kappa shape index (κ1) is 19.9. The van der Waals surface area contributed by atoms with Crippen molar-refractivity contribution in [1.82, 2.24) is 10.2 Å². The Morgan fingerprint density at radius 2 is 1.80 bits per heavy atom. The molecule has 30 heavy (non-hydrogen) atoms. The van der Waals surface area contributed by atoms with E-state index in [0.717, 1.165) is 29.0 Å². The van der Waals surface area contributed by atoms with Crippen LogP contribution >= 0.6 is 0 Å². The number of alkyl halides is 3. The normalized spacial score (nSPS) is 14.6. The number of aromatic nitrogens is 2. The van der Waals surface area contributed by atoms with Crippen LogP contribution < -0.4 is 5.32 Å². The second-order valence-electron chi connectivity index (χ2n) is 7.36. The molecule has 3 aromatic rings. The summed E-state index contributed by atoms with van der Waals surface area (Å²) in [4.78, 5) is 12.4. The van der Waals surface area contributed by atoms with Gasteiger partial charge in [0.1, 0.15) is 5.69 Å². The molecule has 7 heteroatoms. The smallest absolute Gasteiger partial charge is 0.321 e. The molecule has 2 N–H and O–H groups in total. The molecule has 0 spiro atoms. The highest BCUT2D eigenvalue weighted by atomic mass is 19.4. The van der Waals surface area contributed by atoms with Crippen LogP contribution in [0.4, 0.5) is 18.9 Å². The molecule has 0 radical (unpaired) electrons. The van der Waals surface area contributed by atoms with E-state index < -0.39 is 17.8 Å². The Hall–Kier alpha value is -3.35. The van der Waals surface area contributed by atoms with Gasteiger partial charge in [-0.05, 0) is 54.0 Å². The van der Waals surface area contributed by atoms with E-state index in [-0.39, 0.29) is 5.69 Å². The van der Waals surface area contributed by atoms with Crippen LogP contribution in [0.3, 0.4) is 0 Å². The number of nitrogens with one attached hydrogen (secondary N) is 2. The van der Waals surface area contributed by atoms with Crippen LogP contribution in [0.5, 0.6) is 0 Å². The highest BCUT2D eigenvalue weighted by Gasteiger charge is 2.33. The second kappa shape index (κ2) is 8.18. The summed E-state index contributed by atoms with van der Waals surface area (Å²) in [6, 6.07) is 18.0. The number of halogens is 3. The summed E-state index contributed by atoms with van der Waals surface area (Å²) in [6.07, 6.45) is 1.13. The number of rotatable bonds is 6. The minimum atomic E-state index is -4.58. The molecule has 0 saturated heterocycles. The van der Waals surface area contributed by atoms with Crippen LogP contribution in [-0.4, -0.2) is 16.1 Å². The topological polar surface area (TPSA) is 57.8 Å². The summed E-state index contributed by atoms with van der Waals surface area (Å²) in [6.45, 7) is 0. The van der Waals surface area contributed by atoms with Crippen molar-refractivity contribution in [2.45, 2.75) is 25.4 Å². The molecule has 1 fully saturated rings. The van der Waals surface area contributed by atoms with Crippen molar-refractivity contribution in [3.63, 3.8) is 0 Å². The molecular weight excluding hydrogens is 391 g/mol. The zero-order chi connectivity index (χ0) is 21.1. The second-order valence-corrected chi connectivity index (χ2v) is 7.36. The lowest BCUT2D eigenvalue weighted by atomic mass is 9.96. The Balaban J connectivity index is 1.57. The fraction of sp³-hybridized carbons (Fsp3) is 0.217. The summed E-state index contributed by atoms with van der Waals surface area (Å²) in [5.74, 6) is 0.0243. The molecule has 0 unspecified atom stereocenters. The zero-order valence-corrected chi connectivity index (χ0v) is 16.0. The fourth-order valence-electron chi connectivity index (χ4n) is 3.20. The van der Waals surface area contributed by atoms with Crippen LogP contribution in [0.1, 0.15) is 46.6 Å². The van der Waals surface area contributed by atoms with Gasteiger partial charge < -0.3 is 5.32 Å². The van der Waals surface area contributed by atoms with Crippen molar-refractivity contribution in [2.75, 3.05) is 5.32 Å². The van der Waals surface area contributed by atoms with Gasteiger partial charge in [0.15, 0.2) is 5.69 Å². The van der Waals surface area contributed by atoms with Crippen LogP contribution in [0.15, 0.2) is 66.7 Å². The van der Waals surface area contributed by atoms with Gasteiger partial charge in [0, 0.05) is 11.8 Å². The molecule has 1 aromatic heterocycles. The number of carbonyl (C=O) groups excluding carboxylic acids is 1. The summed E-state index contributed by atoms with van der Waals surface area (Å²) >= 11 is 0. The number of amides is 1. The van der Waals surface area contributed by atoms with Gasteiger partial charge in [-0.15, -0.1) is 0 Å². The van der Waals surface area contributed by atoms with E-state index in [1.165, 1.54) is 12.8 Å². The number of H-pyrrole nitrogens is 1. The number of benzene rings is 2. The summed E-state index contributed by atoms with van der Waals surface area (Å²) < 4.78 is 38.2. The molecular formula is C23H20F3N3O. The average Bonchev–Trinajstić information content (AvgIpc) is 3.40. The molecule has 1 amide bonds. The Bertz CT molecular complexity index is 1070.